The van der Waals surface area contributed by atoms with Crippen LogP contribution in [0.15, 0.2) is 6.07 Å². The predicted molar refractivity (Wildman–Crippen MR) is 87.7 cm³/mol. The molecule has 1 amide bonds. The fraction of sp³-hybridized carbons (Fsp3) is 0.500. The van der Waals surface area contributed by atoms with Gasteiger partial charge >= 0.3 is 0 Å². The maximum atomic E-state index is 12.6. The zero-order valence-electron chi connectivity index (χ0n) is 12.9. The van der Waals surface area contributed by atoms with Crippen molar-refractivity contribution in [2.24, 2.45) is 11.8 Å². The molecule has 0 aromatic carbocycles. The molecule has 0 radical (unpaired) electrons. The molecule has 0 saturated heterocycles. The summed E-state index contributed by atoms with van der Waals surface area (Å²) in [5.41, 5.74) is 8.85. The number of nitrogen functional groups attached to an aromatic ring is 1. The Labute approximate surface area is 129 Å². The minimum atomic E-state index is 0.0200. The first-order chi connectivity index (χ1) is 9.88. The Bertz CT molecular complexity index is 722. The number of hydrogen-bond donors (Lipinski definition) is 1. The van der Waals surface area contributed by atoms with Gasteiger partial charge < -0.3 is 10.6 Å². The first kappa shape index (κ1) is 14.3. The largest absolute Gasteiger partial charge is 0.397 e. The number of amides is 1. The van der Waals surface area contributed by atoms with Crippen LogP contribution in [0.1, 0.15) is 34.3 Å². The molecule has 0 spiro atoms. The lowest BCUT2D eigenvalue weighted by atomic mass is 10.1. The number of nitrogens with zero attached hydrogens (tertiary/aromatic N) is 2. The molecule has 2 N–H and O–H groups in total. The van der Waals surface area contributed by atoms with Gasteiger partial charge in [0.25, 0.3) is 5.91 Å². The Kier molecular flexibility index (Phi) is 3.40. The average Bonchev–Trinajstić information content (AvgIpc) is 2.97. The van der Waals surface area contributed by atoms with Gasteiger partial charge in [0.2, 0.25) is 0 Å². The summed E-state index contributed by atoms with van der Waals surface area (Å²) in [6.07, 6.45) is 1.22. The number of pyridine rings is 1. The average molecular weight is 303 g/mol. The van der Waals surface area contributed by atoms with Gasteiger partial charge in [-0.25, -0.2) is 4.98 Å². The zero-order chi connectivity index (χ0) is 15.3. The van der Waals surface area contributed by atoms with Gasteiger partial charge in [0.15, 0.2) is 0 Å². The predicted octanol–water partition coefficient (Wildman–Crippen LogP) is 3.22. The summed E-state index contributed by atoms with van der Waals surface area (Å²) in [6, 6.07) is 2.01. The molecule has 5 heteroatoms. The summed E-state index contributed by atoms with van der Waals surface area (Å²) in [4.78, 5) is 20.4. The molecule has 2 heterocycles. The maximum Gasteiger partial charge on any atom is 0.265 e. The fourth-order valence-corrected chi connectivity index (χ4v) is 4.10. The Morgan fingerprint density at radius 3 is 2.81 bits per heavy atom. The highest BCUT2D eigenvalue weighted by Crippen LogP contribution is 2.39. The second-order valence-electron chi connectivity index (χ2n) is 6.26. The Hall–Kier alpha value is -1.62. The normalized spacial score (nSPS) is 20.8. The number of thiophene rings is 1. The van der Waals surface area contributed by atoms with Crippen LogP contribution < -0.4 is 5.73 Å². The number of hydrogen-bond acceptors (Lipinski definition) is 4. The number of nitrogens with two attached hydrogens (primary N) is 1. The van der Waals surface area contributed by atoms with Crippen LogP contribution in [0.5, 0.6) is 0 Å². The minimum Gasteiger partial charge on any atom is -0.397 e. The van der Waals surface area contributed by atoms with Gasteiger partial charge in [0.1, 0.15) is 9.71 Å². The molecule has 1 fully saturated rings. The van der Waals surface area contributed by atoms with E-state index in [2.05, 4.69) is 11.9 Å². The third-order valence-electron chi connectivity index (χ3n) is 4.35. The van der Waals surface area contributed by atoms with Gasteiger partial charge in [-0.2, -0.15) is 0 Å². The van der Waals surface area contributed by atoms with Gasteiger partial charge in [-0.05, 0) is 43.7 Å². The molecule has 2 atom stereocenters. The van der Waals surface area contributed by atoms with Crippen LogP contribution in [0.3, 0.4) is 0 Å². The zero-order valence-corrected chi connectivity index (χ0v) is 13.8. The number of anilines is 1. The molecular formula is C16H21N3OS. The van der Waals surface area contributed by atoms with Crippen molar-refractivity contribution in [3.05, 3.63) is 22.2 Å². The molecule has 2 aromatic rings. The lowest BCUT2D eigenvalue weighted by molar-refractivity contribution is 0.0793. The summed E-state index contributed by atoms with van der Waals surface area (Å²) < 4.78 is 0. The van der Waals surface area contributed by atoms with Gasteiger partial charge in [-0.3, -0.25) is 4.79 Å². The molecule has 21 heavy (non-hydrogen) atoms. The fourth-order valence-electron chi connectivity index (χ4n) is 2.89. The Balaban J connectivity index is 1.94. The van der Waals surface area contributed by atoms with Crippen molar-refractivity contribution in [1.29, 1.82) is 0 Å². The van der Waals surface area contributed by atoms with Crippen molar-refractivity contribution in [2.75, 3.05) is 19.3 Å². The van der Waals surface area contributed by atoms with Crippen LogP contribution in [0.2, 0.25) is 0 Å². The second kappa shape index (κ2) is 4.98. The number of rotatable bonds is 3. The lowest BCUT2D eigenvalue weighted by Gasteiger charge is -2.16. The summed E-state index contributed by atoms with van der Waals surface area (Å²) >= 11 is 1.41. The van der Waals surface area contributed by atoms with E-state index in [1.807, 2.05) is 27.0 Å². The molecule has 3 rings (SSSR count). The molecule has 2 aromatic heterocycles. The van der Waals surface area contributed by atoms with E-state index < -0.39 is 0 Å². The highest BCUT2D eigenvalue weighted by molar-refractivity contribution is 7.21. The van der Waals surface area contributed by atoms with Crippen LogP contribution in [0.4, 0.5) is 5.69 Å². The van der Waals surface area contributed by atoms with E-state index in [4.69, 9.17) is 5.73 Å². The first-order valence-electron chi connectivity index (χ1n) is 7.30. The Morgan fingerprint density at radius 1 is 1.52 bits per heavy atom. The number of carbonyl (C=O) groups excluding carboxylic acids is 1. The molecule has 112 valence electrons. The maximum absolute atomic E-state index is 12.6. The number of fused-ring (bicyclic) bond motifs is 1. The number of aromatic nitrogens is 1. The standard InChI is InChI=1S/C16H21N3OS/c1-8-6-11(8)7-19(4)16(20)14-13(17)12-9(2)5-10(3)18-15(12)21-14/h5,8,11H,6-7,17H2,1-4H3. The van der Waals surface area contributed by atoms with Crippen LogP contribution in [-0.2, 0) is 0 Å². The Morgan fingerprint density at radius 2 is 2.19 bits per heavy atom. The van der Waals surface area contributed by atoms with Crippen molar-refractivity contribution in [3.63, 3.8) is 0 Å². The quantitative estimate of drug-likeness (QED) is 0.947. The van der Waals surface area contributed by atoms with Gasteiger partial charge in [0, 0.05) is 24.7 Å². The highest BCUT2D eigenvalue weighted by atomic mass is 32.1. The lowest BCUT2D eigenvalue weighted by Crippen LogP contribution is -2.28. The SMILES string of the molecule is Cc1cc(C)c2c(N)c(C(=O)N(C)CC3CC3C)sc2n1. The first-order valence-corrected chi connectivity index (χ1v) is 8.11. The molecule has 0 aliphatic heterocycles. The summed E-state index contributed by atoms with van der Waals surface area (Å²) in [6.45, 7) is 7.03. The number of carbonyl (C=O) groups is 1. The molecule has 1 saturated carbocycles. The minimum absolute atomic E-state index is 0.0200. The van der Waals surface area contributed by atoms with E-state index in [0.717, 1.165) is 33.9 Å². The summed E-state index contributed by atoms with van der Waals surface area (Å²) in [5, 5.41) is 0.933. The smallest absolute Gasteiger partial charge is 0.265 e. The number of aryl methyl sites for hydroxylation is 2. The van der Waals surface area contributed by atoms with Crippen LogP contribution in [0.25, 0.3) is 10.2 Å². The van der Waals surface area contributed by atoms with Gasteiger partial charge in [-0.15, -0.1) is 11.3 Å². The molecule has 2 unspecified atom stereocenters. The molecular weight excluding hydrogens is 282 g/mol. The third-order valence-corrected chi connectivity index (χ3v) is 5.44. The summed E-state index contributed by atoms with van der Waals surface area (Å²) in [7, 11) is 1.86. The highest BCUT2D eigenvalue weighted by Gasteiger charge is 2.35. The van der Waals surface area contributed by atoms with Crippen molar-refractivity contribution < 1.29 is 4.79 Å². The van der Waals surface area contributed by atoms with Gasteiger partial charge in [-0.1, -0.05) is 6.92 Å². The van der Waals surface area contributed by atoms with Crippen molar-refractivity contribution >= 4 is 33.1 Å². The molecule has 4 nitrogen and oxygen atoms in total. The molecule has 1 aliphatic rings. The van der Waals surface area contributed by atoms with Crippen LogP contribution in [-0.4, -0.2) is 29.4 Å². The van der Waals surface area contributed by atoms with E-state index in [0.29, 0.717) is 16.5 Å². The topological polar surface area (TPSA) is 59.2 Å². The van der Waals surface area contributed by atoms with Crippen LogP contribution >= 0.6 is 11.3 Å². The van der Waals surface area contributed by atoms with Crippen molar-refractivity contribution in [3.8, 4) is 0 Å². The van der Waals surface area contributed by atoms with E-state index in [1.165, 1.54) is 17.8 Å². The third kappa shape index (κ3) is 2.50. The molecule has 1 aliphatic carbocycles. The van der Waals surface area contributed by atoms with Crippen molar-refractivity contribution in [1.82, 2.24) is 9.88 Å². The van der Waals surface area contributed by atoms with E-state index in [1.54, 1.807) is 4.90 Å². The van der Waals surface area contributed by atoms with Crippen LogP contribution in [0, 0.1) is 25.7 Å². The van der Waals surface area contributed by atoms with E-state index in [-0.39, 0.29) is 5.91 Å². The van der Waals surface area contributed by atoms with E-state index >= 15 is 0 Å². The molecule has 0 bridgehead atoms. The monoisotopic (exact) mass is 303 g/mol. The summed E-state index contributed by atoms with van der Waals surface area (Å²) in [5.74, 6) is 1.41. The van der Waals surface area contributed by atoms with E-state index in [9.17, 15) is 4.79 Å². The van der Waals surface area contributed by atoms with Gasteiger partial charge in [0.05, 0.1) is 5.69 Å². The van der Waals surface area contributed by atoms with Crippen molar-refractivity contribution in [2.45, 2.75) is 27.2 Å². The second-order valence-corrected chi connectivity index (χ2v) is 7.26.